The summed E-state index contributed by atoms with van der Waals surface area (Å²) in [4.78, 5) is 0. The number of nitrogens with one attached hydrogen (secondary N) is 1. The summed E-state index contributed by atoms with van der Waals surface area (Å²) in [6.45, 7) is 11.5. The fourth-order valence-electron chi connectivity index (χ4n) is 1.61. The zero-order valence-corrected chi connectivity index (χ0v) is 13.1. The van der Waals surface area contributed by atoms with Gasteiger partial charge in [-0.1, -0.05) is 43.2 Å². The van der Waals surface area contributed by atoms with E-state index in [1.807, 2.05) is 12.1 Å². The van der Waals surface area contributed by atoms with Gasteiger partial charge in [-0.15, -0.1) is 0 Å². The molecule has 0 radical (unpaired) electrons. The predicted octanol–water partition coefficient (Wildman–Crippen LogP) is 4.91. The minimum Gasteiger partial charge on any atom is -0.308 e. The van der Waals surface area contributed by atoms with Crippen molar-refractivity contribution in [1.82, 2.24) is 5.32 Å². The minimum atomic E-state index is -0.373. The van der Waals surface area contributed by atoms with Gasteiger partial charge in [-0.3, -0.25) is 0 Å². The van der Waals surface area contributed by atoms with E-state index in [1.54, 1.807) is 6.07 Å². The summed E-state index contributed by atoms with van der Waals surface area (Å²) in [6, 6.07) is 4.91. The third-order valence-electron chi connectivity index (χ3n) is 2.86. The molecule has 0 spiro atoms. The molecule has 0 fully saturated rings. The molecule has 0 bridgehead atoms. The van der Waals surface area contributed by atoms with Crippen LogP contribution in [-0.2, 0) is 0 Å². The van der Waals surface area contributed by atoms with Crippen molar-refractivity contribution in [3.8, 4) is 0 Å². The molecule has 0 aliphatic heterocycles. The molecule has 1 nitrogen and oxygen atoms in total. The lowest BCUT2D eigenvalue weighted by Gasteiger charge is -2.23. The van der Waals surface area contributed by atoms with E-state index in [2.05, 4.69) is 39.9 Å². The second kappa shape index (κ2) is 6.53. The van der Waals surface area contributed by atoms with Crippen LogP contribution in [0.5, 0.6) is 0 Å². The lowest BCUT2D eigenvalue weighted by molar-refractivity contribution is 0.437. The smallest absolute Gasteiger partial charge is 0.142 e. The third-order valence-corrected chi connectivity index (χ3v) is 3.17. The summed E-state index contributed by atoms with van der Waals surface area (Å²) in [5, 5.41) is 3.62. The summed E-state index contributed by atoms with van der Waals surface area (Å²) in [5.41, 5.74) is 2.16. The summed E-state index contributed by atoms with van der Waals surface area (Å²) >= 11 is 5.69. The molecule has 19 heavy (non-hydrogen) atoms. The molecule has 0 aliphatic carbocycles. The highest BCUT2D eigenvalue weighted by molar-refractivity contribution is 6.30. The number of hydrogen-bond acceptors (Lipinski definition) is 1. The Labute approximate surface area is 120 Å². The highest BCUT2D eigenvalue weighted by Crippen LogP contribution is 2.20. The standard InChI is InChI=1S/C16H23ClFN/c1-11(2)13(10-19-16(3,4)5)8-12-6-7-14(17)15(18)9-12/h6-9,11,19H,10H2,1-5H3. The molecule has 0 saturated heterocycles. The van der Waals surface area contributed by atoms with E-state index in [9.17, 15) is 4.39 Å². The van der Waals surface area contributed by atoms with Crippen LogP contribution < -0.4 is 5.32 Å². The van der Waals surface area contributed by atoms with Gasteiger partial charge in [0, 0.05) is 12.1 Å². The van der Waals surface area contributed by atoms with Crippen molar-refractivity contribution in [3.05, 3.63) is 40.2 Å². The molecule has 0 heterocycles. The van der Waals surface area contributed by atoms with Gasteiger partial charge in [0.2, 0.25) is 0 Å². The Morgan fingerprint density at radius 3 is 2.47 bits per heavy atom. The van der Waals surface area contributed by atoms with E-state index < -0.39 is 0 Å². The lowest BCUT2D eigenvalue weighted by atomic mass is 9.98. The van der Waals surface area contributed by atoms with Crippen LogP contribution in [0, 0.1) is 11.7 Å². The maximum absolute atomic E-state index is 13.4. The molecular weight excluding hydrogens is 261 g/mol. The number of hydrogen-bond donors (Lipinski definition) is 1. The first-order valence-electron chi connectivity index (χ1n) is 6.59. The molecular formula is C16H23ClFN. The Bertz CT molecular complexity index is 458. The van der Waals surface area contributed by atoms with Crippen molar-refractivity contribution in [2.45, 2.75) is 40.2 Å². The van der Waals surface area contributed by atoms with Crippen LogP contribution in [0.4, 0.5) is 4.39 Å². The van der Waals surface area contributed by atoms with Crippen molar-refractivity contribution in [1.29, 1.82) is 0 Å². The maximum Gasteiger partial charge on any atom is 0.142 e. The Hall–Kier alpha value is -0.860. The lowest BCUT2D eigenvalue weighted by Crippen LogP contribution is -2.37. The molecule has 1 aromatic carbocycles. The molecule has 0 amide bonds. The van der Waals surface area contributed by atoms with E-state index in [4.69, 9.17) is 11.6 Å². The van der Waals surface area contributed by atoms with E-state index in [-0.39, 0.29) is 16.4 Å². The molecule has 3 heteroatoms. The molecule has 1 rings (SSSR count). The summed E-state index contributed by atoms with van der Waals surface area (Å²) in [6.07, 6.45) is 2.03. The SMILES string of the molecule is CC(C)C(=Cc1ccc(Cl)c(F)c1)CNC(C)(C)C. The fourth-order valence-corrected chi connectivity index (χ4v) is 1.72. The highest BCUT2D eigenvalue weighted by atomic mass is 35.5. The van der Waals surface area contributed by atoms with E-state index in [1.165, 1.54) is 11.6 Å². The van der Waals surface area contributed by atoms with Gasteiger partial charge in [-0.05, 0) is 44.4 Å². The number of benzene rings is 1. The van der Waals surface area contributed by atoms with Crippen LogP contribution in [0.1, 0.15) is 40.2 Å². The van der Waals surface area contributed by atoms with E-state index >= 15 is 0 Å². The Morgan fingerprint density at radius 2 is 2.00 bits per heavy atom. The Balaban J connectivity index is 2.91. The first-order chi connectivity index (χ1) is 8.69. The third kappa shape index (κ3) is 5.75. The zero-order chi connectivity index (χ0) is 14.6. The monoisotopic (exact) mass is 283 g/mol. The van der Waals surface area contributed by atoms with Crippen molar-refractivity contribution in [2.75, 3.05) is 6.54 Å². The van der Waals surface area contributed by atoms with Gasteiger partial charge in [0.15, 0.2) is 0 Å². The quantitative estimate of drug-likeness (QED) is 0.828. The van der Waals surface area contributed by atoms with Gasteiger partial charge in [-0.2, -0.15) is 0 Å². The van der Waals surface area contributed by atoms with Crippen molar-refractivity contribution in [3.63, 3.8) is 0 Å². The molecule has 0 atom stereocenters. The number of halogens is 2. The summed E-state index contributed by atoms with van der Waals surface area (Å²) < 4.78 is 13.4. The molecule has 1 N–H and O–H groups in total. The van der Waals surface area contributed by atoms with Crippen LogP contribution in [0.3, 0.4) is 0 Å². The van der Waals surface area contributed by atoms with Crippen molar-refractivity contribution >= 4 is 17.7 Å². The first kappa shape index (κ1) is 16.2. The average Bonchev–Trinajstić information content (AvgIpc) is 2.27. The predicted molar refractivity (Wildman–Crippen MR) is 82.0 cm³/mol. The second-order valence-corrected chi connectivity index (χ2v) is 6.56. The topological polar surface area (TPSA) is 12.0 Å². The van der Waals surface area contributed by atoms with Gasteiger partial charge in [0.1, 0.15) is 5.82 Å². The highest BCUT2D eigenvalue weighted by Gasteiger charge is 2.11. The second-order valence-electron chi connectivity index (χ2n) is 6.15. The van der Waals surface area contributed by atoms with Gasteiger partial charge in [0.25, 0.3) is 0 Å². The van der Waals surface area contributed by atoms with Crippen LogP contribution in [0.25, 0.3) is 6.08 Å². The average molecular weight is 284 g/mol. The summed E-state index contributed by atoms with van der Waals surface area (Å²) in [7, 11) is 0. The minimum absolute atomic E-state index is 0.0687. The normalized spacial score (nSPS) is 13.2. The Kier molecular flexibility index (Phi) is 5.57. The molecule has 0 saturated carbocycles. The summed E-state index contributed by atoms with van der Waals surface area (Å²) in [5.74, 6) is 0.0379. The van der Waals surface area contributed by atoms with Crippen LogP contribution >= 0.6 is 11.6 Å². The molecule has 1 aromatic rings. The Morgan fingerprint density at radius 1 is 1.37 bits per heavy atom. The van der Waals surface area contributed by atoms with E-state index in [0.717, 1.165) is 12.1 Å². The maximum atomic E-state index is 13.4. The van der Waals surface area contributed by atoms with Gasteiger partial charge in [0.05, 0.1) is 5.02 Å². The molecule has 0 aliphatic rings. The molecule has 106 valence electrons. The van der Waals surface area contributed by atoms with Gasteiger partial charge < -0.3 is 5.32 Å². The van der Waals surface area contributed by atoms with Crippen molar-refractivity contribution < 1.29 is 4.39 Å². The van der Waals surface area contributed by atoms with Crippen LogP contribution in [0.2, 0.25) is 5.02 Å². The largest absolute Gasteiger partial charge is 0.308 e. The molecule has 0 aromatic heterocycles. The number of rotatable bonds is 4. The van der Waals surface area contributed by atoms with Crippen molar-refractivity contribution in [2.24, 2.45) is 5.92 Å². The fraction of sp³-hybridized carbons (Fsp3) is 0.500. The molecule has 0 unspecified atom stereocenters. The van der Waals surface area contributed by atoms with Gasteiger partial charge >= 0.3 is 0 Å². The van der Waals surface area contributed by atoms with Crippen LogP contribution in [-0.4, -0.2) is 12.1 Å². The van der Waals surface area contributed by atoms with E-state index in [0.29, 0.717) is 5.92 Å². The van der Waals surface area contributed by atoms with Gasteiger partial charge in [-0.25, -0.2) is 4.39 Å². The van der Waals surface area contributed by atoms with Crippen LogP contribution in [0.15, 0.2) is 23.8 Å². The zero-order valence-electron chi connectivity index (χ0n) is 12.3. The first-order valence-corrected chi connectivity index (χ1v) is 6.97.